The van der Waals surface area contributed by atoms with Crippen LogP contribution in [0.5, 0.6) is 5.75 Å². The standard InChI is InChI=1S/C27H44N6O5/c1-3-4-5-8-24(36)32-22(15-19-9-11-21(35)12-10-19)26(38)33-16-18(2)14-23(33)25(37)31-20(17-34)7-6-13-30-27(28)29/h9-12,18,20,22-23,34-35H,3-8,13-17H2,1-2H3,(H,31,37)(H,32,36)(H4,28,29,30)/t18-,20-,22-,23-/m0/s1. The monoisotopic (exact) mass is 532 g/mol. The molecule has 0 unspecified atom stereocenters. The number of unbranched alkanes of at least 4 members (excludes halogenated alkanes) is 2. The van der Waals surface area contributed by atoms with Crippen molar-refractivity contribution in [1.82, 2.24) is 15.5 Å². The molecular formula is C27H44N6O5. The number of aliphatic hydroxyl groups is 1. The number of amides is 3. The molecule has 0 aromatic heterocycles. The summed E-state index contributed by atoms with van der Waals surface area (Å²) in [5.41, 5.74) is 11.5. The van der Waals surface area contributed by atoms with E-state index >= 15 is 0 Å². The van der Waals surface area contributed by atoms with Crippen molar-refractivity contribution in [3.8, 4) is 5.75 Å². The second-order valence-electron chi connectivity index (χ2n) is 10.1. The molecule has 1 aliphatic heterocycles. The summed E-state index contributed by atoms with van der Waals surface area (Å²) < 4.78 is 0. The van der Waals surface area contributed by atoms with E-state index in [-0.39, 0.29) is 48.4 Å². The van der Waals surface area contributed by atoms with Gasteiger partial charge in [0.2, 0.25) is 17.7 Å². The summed E-state index contributed by atoms with van der Waals surface area (Å²) in [4.78, 5) is 45.1. The van der Waals surface area contributed by atoms with E-state index in [0.717, 1.165) is 24.8 Å². The highest BCUT2D eigenvalue weighted by molar-refractivity contribution is 5.93. The first-order chi connectivity index (χ1) is 18.1. The Morgan fingerprint density at radius 1 is 1.13 bits per heavy atom. The van der Waals surface area contributed by atoms with Gasteiger partial charge in [0.1, 0.15) is 17.8 Å². The molecule has 212 valence electrons. The first-order valence-electron chi connectivity index (χ1n) is 13.5. The molecule has 1 aliphatic rings. The average molecular weight is 533 g/mol. The van der Waals surface area contributed by atoms with Gasteiger partial charge in [0, 0.05) is 25.9 Å². The number of rotatable bonds is 15. The van der Waals surface area contributed by atoms with Crippen LogP contribution in [0.15, 0.2) is 29.3 Å². The highest BCUT2D eigenvalue weighted by Crippen LogP contribution is 2.25. The summed E-state index contributed by atoms with van der Waals surface area (Å²) in [6.45, 7) is 4.56. The maximum absolute atomic E-state index is 13.8. The summed E-state index contributed by atoms with van der Waals surface area (Å²) in [5, 5.41) is 25.1. The van der Waals surface area contributed by atoms with Crippen LogP contribution in [0.4, 0.5) is 0 Å². The molecule has 1 aromatic carbocycles. The molecule has 11 heteroatoms. The normalized spacial score (nSPS) is 18.4. The lowest BCUT2D eigenvalue weighted by atomic mass is 10.0. The van der Waals surface area contributed by atoms with E-state index in [9.17, 15) is 24.6 Å². The third-order valence-electron chi connectivity index (χ3n) is 6.68. The van der Waals surface area contributed by atoms with Crippen molar-refractivity contribution in [1.29, 1.82) is 0 Å². The zero-order valence-electron chi connectivity index (χ0n) is 22.6. The van der Waals surface area contributed by atoms with Crippen LogP contribution in [0.25, 0.3) is 0 Å². The molecule has 4 atom stereocenters. The minimum atomic E-state index is -0.845. The second-order valence-corrected chi connectivity index (χ2v) is 10.1. The van der Waals surface area contributed by atoms with Gasteiger partial charge in [0.15, 0.2) is 5.96 Å². The van der Waals surface area contributed by atoms with Gasteiger partial charge in [-0.3, -0.25) is 19.4 Å². The van der Waals surface area contributed by atoms with E-state index < -0.39 is 18.1 Å². The first kappa shape index (κ1) is 30.9. The molecule has 1 aromatic rings. The zero-order chi connectivity index (χ0) is 28.1. The Bertz CT molecular complexity index is 934. The van der Waals surface area contributed by atoms with Gasteiger partial charge in [0.05, 0.1) is 12.6 Å². The van der Waals surface area contributed by atoms with Crippen LogP contribution < -0.4 is 22.1 Å². The number of nitrogens with two attached hydrogens (primary N) is 2. The number of aliphatic hydroxyl groups excluding tert-OH is 1. The van der Waals surface area contributed by atoms with Crippen LogP contribution in [0, 0.1) is 5.92 Å². The number of hydrogen-bond donors (Lipinski definition) is 6. The second kappa shape index (κ2) is 15.8. The lowest BCUT2D eigenvalue weighted by molar-refractivity contribution is -0.141. The van der Waals surface area contributed by atoms with Crippen LogP contribution in [0.1, 0.15) is 64.4 Å². The number of aromatic hydroxyl groups is 1. The highest BCUT2D eigenvalue weighted by Gasteiger charge is 2.41. The molecule has 0 aliphatic carbocycles. The van der Waals surface area contributed by atoms with Crippen molar-refractivity contribution >= 4 is 23.7 Å². The number of nitrogens with one attached hydrogen (secondary N) is 2. The van der Waals surface area contributed by atoms with Crippen molar-refractivity contribution in [2.45, 2.75) is 83.3 Å². The van der Waals surface area contributed by atoms with E-state index in [4.69, 9.17) is 11.5 Å². The van der Waals surface area contributed by atoms with Crippen LogP contribution >= 0.6 is 0 Å². The van der Waals surface area contributed by atoms with Gasteiger partial charge in [0.25, 0.3) is 0 Å². The van der Waals surface area contributed by atoms with Gasteiger partial charge >= 0.3 is 0 Å². The fourth-order valence-corrected chi connectivity index (χ4v) is 4.66. The number of phenolic OH excluding ortho intramolecular Hbond substituents is 1. The number of hydrogen-bond acceptors (Lipinski definition) is 6. The molecule has 0 radical (unpaired) electrons. The quantitative estimate of drug-likeness (QED) is 0.109. The molecule has 1 heterocycles. The Morgan fingerprint density at radius 3 is 2.47 bits per heavy atom. The molecule has 1 fully saturated rings. The molecular weight excluding hydrogens is 488 g/mol. The van der Waals surface area contributed by atoms with Crippen LogP contribution in [0.2, 0.25) is 0 Å². The van der Waals surface area contributed by atoms with Crippen molar-refractivity contribution < 1.29 is 24.6 Å². The van der Waals surface area contributed by atoms with Crippen molar-refractivity contribution in [2.24, 2.45) is 22.4 Å². The lowest BCUT2D eigenvalue weighted by Crippen LogP contribution is -2.55. The summed E-state index contributed by atoms with van der Waals surface area (Å²) in [6, 6.07) is 4.46. The Hall–Kier alpha value is -3.34. The van der Waals surface area contributed by atoms with Crippen molar-refractivity contribution in [2.75, 3.05) is 19.7 Å². The maximum Gasteiger partial charge on any atom is 0.246 e. The van der Waals surface area contributed by atoms with E-state index in [1.807, 2.05) is 6.92 Å². The minimum Gasteiger partial charge on any atom is -0.508 e. The van der Waals surface area contributed by atoms with Gasteiger partial charge < -0.3 is 37.2 Å². The van der Waals surface area contributed by atoms with Crippen LogP contribution in [-0.2, 0) is 20.8 Å². The molecule has 11 nitrogen and oxygen atoms in total. The van der Waals surface area contributed by atoms with Crippen molar-refractivity contribution in [3.05, 3.63) is 29.8 Å². The van der Waals surface area contributed by atoms with Crippen LogP contribution in [0.3, 0.4) is 0 Å². The number of nitrogens with zero attached hydrogens (tertiary/aromatic N) is 2. The lowest BCUT2D eigenvalue weighted by Gasteiger charge is -2.30. The maximum atomic E-state index is 13.8. The minimum absolute atomic E-state index is 0.0111. The Balaban J connectivity index is 2.13. The summed E-state index contributed by atoms with van der Waals surface area (Å²) in [7, 11) is 0. The smallest absolute Gasteiger partial charge is 0.246 e. The predicted molar refractivity (Wildman–Crippen MR) is 146 cm³/mol. The molecule has 0 saturated carbocycles. The molecule has 8 N–H and O–H groups in total. The SMILES string of the molecule is CCCCCC(=O)N[C@@H](Cc1ccc(O)cc1)C(=O)N1C[C@@H](C)C[C@H]1C(=O)N[C@H](CO)CCCN=C(N)N. The Labute approximate surface area is 225 Å². The van der Waals surface area contributed by atoms with Crippen molar-refractivity contribution in [3.63, 3.8) is 0 Å². The number of likely N-dealkylation sites (tertiary alicyclic amines) is 1. The first-order valence-corrected chi connectivity index (χ1v) is 13.5. The van der Waals surface area contributed by atoms with Gasteiger partial charge in [-0.05, 0) is 49.3 Å². The topological polar surface area (TPSA) is 183 Å². The third-order valence-corrected chi connectivity index (χ3v) is 6.68. The molecule has 2 rings (SSSR count). The van der Waals surface area contributed by atoms with E-state index in [0.29, 0.717) is 38.8 Å². The van der Waals surface area contributed by atoms with E-state index in [2.05, 4.69) is 22.5 Å². The number of guanidine groups is 1. The van der Waals surface area contributed by atoms with Gasteiger partial charge in [-0.2, -0.15) is 0 Å². The Morgan fingerprint density at radius 2 is 1.84 bits per heavy atom. The summed E-state index contributed by atoms with van der Waals surface area (Å²) >= 11 is 0. The highest BCUT2D eigenvalue weighted by atomic mass is 16.3. The number of phenols is 1. The Kier molecular flexibility index (Phi) is 12.8. The average Bonchev–Trinajstić information content (AvgIpc) is 3.28. The summed E-state index contributed by atoms with van der Waals surface area (Å²) in [6.07, 6.45) is 4.74. The number of aliphatic imine (C=N–C) groups is 1. The molecule has 0 spiro atoms. The molecule has 38 heavy (non-hydrogen) atoms. The van der Waals surface area contributed by atoms with Gasteiger partial charge in [-0.1, -0.05) is 38.8 Å². The molecule has 1 saturated heterocycles. The largest absolute Gasteiger partial charge is 0.508 e. The number of carbonyl (C=O) groups excluding carboxylic acids is 3. The van der Waals surface area contributed by atoms with E-state index in [1.54, 1.807) is 17.0 Å². The van der Waals surface area contributed by atoms with E-state index in [1.165, 1.54) is 12.1 Å². The predicted octanol–water partition coefficient (Wildman–Crippen LogP) is 0.768. The fraction of sp³-hybridized carbons (Fsp3) is 0.630. The number of benzene rings is 1. The fourth-order valence-electron chi connectivity index (χ4n) is 4.66. The zero-order valence-corrected chi connectivity index (χ0v) is 22.6. The third kappa shape index (κ3) is 10.2. The van der Waals surface area contributed by atoms with Gasteiger partial charge in [-0.25, -0.2) is 0 Å². The molecule has 3 amide bonds. The van der Waals surface area contributed by atoms with Gasteiger partial charge in [-0.15, -0.1) is 0 Å². The molecule has 0 bridgehead atoms. The summed E-state index contributed by atoms with van der Waals surface area (Å²) in [5.74, 6) is -0.658. The number of carbonyl (C=O) groups is 3. The van der Waals surface area contributed by atoms with Crippen LogP contribution in [-0.4, -0.2) is 76.6 Å².